The van der Waals surface area contributed by atoms with Gasteiger partial charge in [-0.3, -0.25) is 4.68 Å². The standard InChI is InChI=1S/C13H19ClN4S/c1-4-5-15-10(6-11-16-8-17-18(11)3)13-12(14)9(2)7-19-13/h7-8,10,15H,4-6H2,1-3H3. The van der Waals surface area contributed by atoms with Gasteiger partial charge in [-0.1, -0.05) is 18.5 Å². The van der Waals surface area contributed by atoms with Crippen molar-refractivity contribution in [2.24, 2.45) is 7.05 Å². The smallest absolute Gasteiger partial charge is 0.138 e. The van der Waals surface area contributed by atoms with E-state index in [1.54, 1.807) is 17.7 Å². The molecule has 0 spiro atoms. The van der Waals surface area contributed by atoms with Gasteiger partial charge in [0.2, 0.25) is 0 Å². The second kappa shape index (κ2) is 6.50. The Balaban J connectivity index is 2.21. The number of nitrogens with one attached hydrogen (secondary N) is 1. The lowest BCUT2D eigenvalue weighted by Gasteiger charge is -2.17. The van der Waals surface area contributed by atoms with E-state index in [4.69, 9.17) is 11.6 Å². The van der Waals surface area contributed by atoms with Crippen LogP contribution in [0.1, 0.15) is 35.7 Å². The molecule has 2 rings (SSSR count). The molecule has 4 nitrogen and oxygen atoms in total. The minimum atomic E-state index is 0.203. The molecule has 0 fully saturated rings. The lowest BCUT2D eigenvalue weighted by molar-refractivity contribution is 0.513. The SMILES string of the molecule is CCCNC(Cc1ncnn1C)c1scc(C)c1Cl. The molecule has 0 amide bonds. The van der Waals surface area contributed by atoms with E-state index >= 15 is 0 Å². The molecule has 0 aliphatic carbocycles. The molecule has 0 saturated heterocycles. The fourth-order valence-electron chi connectivity index (χ4n) is 1.95. The van der Waals surface area contributed by atoms with Gasteiger partial charge in [-0.05, 0) is 30.8 Å². The van der Waals surface area contributed by atoms with Gasteiger partial charge in [-0.25, -0.2) is 4.98 Å². The zero-order chi connectivity index (χ0) is 13.8. The molecule has 2 aromatic heterocycles. The van der Waals surface area contributed by atoms with E-state index in [0.29, 0.717) is 0 Å². The van der Waals surface area contributed by atoms with Crippen LogP contribution in [0.3, 0.4) is 0 Å². The summed E-state index contributed by atoms with van der Waals surface area (Å²) < 4.78 is 1.81. The fourth-order valence-corrected chi connectivity index (χ4v) is 3.35. The van der Waals surface area contributed by atoms with Crippen LogP contribution in [0, 0.1) is 6.92 Å². The molecule has 1 atom stereocenters. The summed E-state index contributed by atoms with van der Waals surface area (Å²) in [5, 5.41) is 10.7. The first kappa shape index (κ1) is 14.5. The molecule has 0 bridgehead atoms. The number of aryl methyl sites for hydroxylation is 2. The maximum atomic E-state index is 6.39. The van der Waals surface area contributed by atoms with Crippen molar-refractivity contribution in [2.45, 2.75) is 32.7 Å². The molecule has 1 unspecified atom stereocenters. The van der Waals surface area contributed by atoms with Gasteiger partial charge in [0.15, 0.2) is 0 Å². The predicted molar refractivity (Wildman–Crippen MR) is 79.8 cm³/mol. The van der Waals surface area contributed by atoms with E-state index in [2.05, 4.69) is 27.7 Å². The minimum Gasteiger partial charge on any atom is -0.309 e. The van der Waals surface area contributed by atoms with Crippen LogP contribution in [0.4, 0.5) is 0 Å². The number of nitrogens with zero attached hydrogens (tertiary/aromatic N) is 3. The molecule has 6 heteroatoms. The minimum absolute atomic E-state index is 0.203. The second-order valence-electron chi connectivity index (χ2n) is 4.61. The number of aromatic nitrogens is 3. The zero-order valence-corrected chi connectivity index (χ0v) is 13.1. The van der Waals surface area contributed by atoms with E-state index in [-0.39, 0.29) is 6.04 Å². The highest BCUT2D eigenvalue weighted by Gasteiger charge is 2.19. The molecule has 2 aromatic rings. The van der Waals surface area contributed by atoms with Crippen molar-refractivity contribution >= 4 is 22.9 Å². The van der Waals surface area contributed by atoms with Crippen molar-refractivity contribution in [3.05, 3.63) is 33.0 Å². The normalized spacial score (nSPS) is 12.8. The van der Waals surface area contributed by atoms with Crippen molar-refractivity contribution in [2.75, 3.05) is 6.54 Å². The van der Waals surface area contributed by atoms with Gasteiger partial charge in [0, 0.05) is 18.3 Å². The third kappa shape index (κ3) is 3.35. The first-order valence-electron chi connectivity index (χ1n) is 6.43. The lowest BCUT2D eigenvalue weighted by atomic mass is 10.1. The summed E-state index contributed by atoms with van der Waals surface area (Å²) in [5.74, 6) is 0.968. The molecule has 0 aliphatic heterocycles. The van der Waals surface area contributed by atoms with Crippen LogP contribution in [0.15, 0.2) is 11.7 Å². The first-order valence-corrected chi connectivity index (χ1v) is 7.69. The summed E-state index contributed by atoms with van der Waals surface area (Å²) in [5.41, 5.74) is 1.14. The van der Waals surface area contributed by atoms with Crippen molar-refractivity contribution in [3.63, 3.8) is 0 Å². The highest BCUT2D eigenvalue weighted by molar-refractivity contribution is 7.10. The Hall–Kier alpha value is -0.910. The van der Waals surface area contributed by atoms with Crippen LogP contribution >= 0.6 is 22.9 Å². The molecule has 0 aliphatic rings. The van der Waals surface area contributed by atoms with E-state index in [0.717, 1.165) is 35.8 Å². The van der Waals surface area contributed by atoms with Crippen LogP contribution in [0.25, 0.3) is 0 Å². The number of rotatable bonds is 6. The Labute approximate surface area is 122 Å². The number of hydrogen-bond acceptors (Lipinski definition) is 4. The number of halogens is 1. The fraction of sp³-hybridized carbons (Fsp3) is 0.538. The van der Waals surface area contributed by atoms with Crippen LogP contribution < -0.4 is 5.32 Å². The highest BCUT2D eigenvalue weighted by Crippen LogP contribution is 2.33. The van der Waals surface area contributed by atoms with Gasteiger partial charge in [0.1, 0.15) is 12.2 Å². The average Bonchev–Trinajstić information content (AvgIpc) is 2.94. The lowest BCUT2D eigenvalue weighted by Crippen LogP contribution is -2.24. The van der Waals surface area contributed by atoms with Crippen LogP contribution in [-0.2, 0) is 13.5 Å². The van der Waals surface area contributed by atoms with Gasteiger partial charge in [-0.2, -0.15) is 5.10 Å². The monoisotopic (exact) mass is 298 g/mol. The average molecular weight is 299 g/mol. The summed E-state index contributed by atoms with van der Waals surface area (Å²) in [6, 6.07) is 0.203. The molecule has 0 radical (unpaired) electrons. The molecule has 0 saturated carbocycles. The van der Waals surface area contributed by atoms with Gasteiger partial charge >= 0.3 is 0 Å². The van der Waals surface area contributed by atoms with Gasteiger partial charge < -0.3 is 5.32 Å². The Kier molecular flexibility index (Phi) is 4.96. The molecule has 19 heavy (non-hydrogen) atoms. The Morgan fingerprint density at radius 3 is 2.84 bits per heavy atom. The molecular formula is C13H19ClN4S. The molecule has 1 N–H and O–H groups in total. The third-order valence-corrected chi connectivity index (χ3v) is 4.90. The first-order chi connectivity index (χ1) is 9.13. The summed E-state index contributed by atoms with van der Waals surface area (Å²) in [7, 11) is 1.92. The summed E-state index contributed by atoms with van der Waals surface area (Å²) in [4.78, 5) is 5.49. The third-order valence-electron chi connectivity index (χ3n) is 3.07. The maximum absolute atomic E-state index is 6.39. The Bertz CT molecular complexity index is 534. The molecule has 0 aromatic carbocycles. The highest BCUT2D eigenvalue weighted by atomic mass is 35.5. The number of thiophene rings is 1. The molecule has 104 valence electrons. The van der Waals surface area contributed by atoms with Crippen LogP contribution in [-0.4, -0.2) is 21.3 Å². The predicted octanol–water partition coefficient (Wildman–Crippen LogP) is 3.12. The Morgan fingerprint density at radius 2 is 2.32 bits per heavy atom. The summed E-state index contributed by atoms with van der Waals surface area (Å²) in [6.45, 7) is 5.17. The van der Waals surface area contributed by atoms with E-state index in [1.165, 1.54) is 4.88 Å². The summed E-state index contributed by atoms with van der Waals surface area (Å²) in [6.07, 6.45) is 3.49. The maximum Gasteiger partial charge on any atom is 0.138 e. The molecule has 2 heterocycles. The van der Waals surface area contributed by atoms with Gasteiger partial charge in [-0.15, -0.1) is 11.3 Å². The number of hydrogen-bond donors (Lipinski definition) is 1. The van der Waals surface area contributed by atoms with E-state index in [9.17, 15) is 0 Å². The zero-order valence-electron chi connectivity index (χ0n) is 11.5. The quantitative estimate of drug-likeness (QED) is 0.891. The largest absolute Gasteiger partial charge is 0.309 e. The van der Waals surface area contributed by atoms with Crippen molar-refractivity contribution in [1.29, 1.82) is 0 Å². The van der Waals surface area contributed by atoms with Crippen molar-refractivity contribution in [1.82, 2.24) is 20.1 Å². The summed E-state index contributed by atoms with van der Waals surface area (Å²) >= 11 is 8.10. The van der Waals surface area contributed by atoms with Crippen molar-refractivity contribution < 1.29 is 0 Å². The topological polar surface area (TPSA) is 42.7 Å². The second-order valence-corrected chi connectivity index (χ2v) is 5.90. The molecular weight excluding hydrogens is 280 g/mol. The van der Waals surface area contributed by atoms with Crippen LogP contribution in [0.5, 0.6) is 0 Å². The Morgan fingerprint density at radius 1 is 1.53 bits per heavy atom. The van der Waals surface area contributed by atoms with E-state index < -0.39 is 0 Å². The van der Waals surface area contributed by atoms with Crippen molar-refractivity contribution in [3.8, 4) is 0 Å². The van der Waals surface area contributed by atoms with Gasteiger partial charge in [0.05, 0.1) is 11.1 Å². The van der Waals surface area contributed by atoms with Crippen LogP contribution in [0.2, 0.25) is 5.02 Å². The van der Waals surface area contributed by atoms with E-state index in [1.807, 2.05) is 18.7 Å². The van der Waals surface area contributed by atoms with Gasteiger partial charge in [0.25, 0.3) is 0 Å².